The minimum atomic E-state index is -1.01. The number of hydrogen-bond acceptors (Lipinski definition) is 5. The molecular formula is C21H23FN2O5S. The minimum absolute atomic E-state index is 0.0314. The number of carboxylic acid groups (broad SMARTS) is 1. The Hall–Kier alpha value is -3.07. The first-order chi connectivity index (χ1) is 14.2. The molecule has 9 heteroatoms. The molecule has 0 aromatic heterocycles. The smallest absolute Gasteiger partial charge is 0.307 e. The second kappa shape index (κ2) is 10.6. The van der Waals surface area contributed by atoms with E-state index in [9.17, 15) is 24.4 Å². The van der Waals surface area contributed by atoms with Gasteiger partial charge in [0.2, 0.25) is 0 Å². The average Bonchev–Trinajstić information content (AvgIpc) is 2.71. The van der Waals surface area contributed by atoms with Gasteiger partial charge in [-0.15, -0.1) is 0 Å². The van der Waals surface area contributed by atoms with Gasteiger partial charge in [0.25, 0.3) is 5.69 Å². The lowest BCUT2D eigenvalue weighted by Gasteiger charge is -2.24. The van der Waals surface area contributed by atoms with Crippen molar-refractivity contribution in [2.45, 2.75) is 39.3 Å². The predicted octanol–water partition coefficient (Wildman–Crippen LogP) is 4.47. The first kappa shape index (κ1) is 23.2. The molecule has 2 aromatic rings. The van der Waals surface area contributed by atoms with Gasteiger partial charge in [-0.2, -0.15) is 0 Å². The maximum Gasteiger partial charge on any atom is 0.307 e. The second-order valence-corrected chi connectivity index (χ2v) is 7.30. The Labute approximate surface area is 179 Å². The van der Waals surface area contributed by atoms with Crippen molar-refractivity contribution >= 4 is 28.9 Å². The number of non-ortho nitro benzene ring substituents is 1. The number of carbonyl (C=O) groups is 1. The van der Waals surface area contributed by atoms with Crippen molar-refractivity contribution in [2.24, 2.45) is 5.92 Å². The molecule has 2 unspecified atom stereocenters. The highest BCUT2D eigenvalue weighted by Gasteiger charge is 2.23. The molecule has 0 aliphatic carbocycles. The van der Waals surface area contributed by atoms with E-state index < -0.39 is 22.8 Å². The molecule has 0 fully saturated rings. The summed E-state index contributed by atoms with van der Waals surface area (Å²) in [5, 5.41) is 23.1. The van der Waals surface area contributed by atoms with Gasteiger partial charge in [0, 0.05) is 24.7 Å². The first-order valence-electron chi connectivity index (χ1n) is 9.40. The Morgan fingerprint density at radius 1 is 1.33 bits per heavy atom. The third-order valence-electron chi connectivity index (χ3n) is 4.70. The molecule has 2 N–H and O–H groups in total. The van der Waals surface area contributed by atoms with Crippen molar-refractivity contribution in [3.05, 3.63) is 69.5 Å². The number of thiocarbonyl (C=S) groups is 1. The molecule has 0 aliphatic heterocycles. The number of benzene rings is 2. The number of carboxylic acids is 1. The largest absolute Gasteiger partial charge is 0.489 e. The van der Waals surface area contributed by atoms with Gasteiger partial charge in [-0.3, -0.25) is 14.9 Å². The van der Waals surface area contributed by atoms with E-state index in [2.05, 4.69) is 5.32 Å². The van der Waals surface area contributed by atoms with Gasteiger partial charge in [0.1, 0.15) is 22.7 Å². The lowest BCUT2D eigenvalue weighted by molar-refractivity contribution is -0.384. The Bertz CT molecular complexity index is 937. The normalized spacial score (nSPS) is 12.6. The molecule has 2 atom stereocenters. The monoisotopic (exact) mass is 434 g/mol. The number of nitro benzene ring substituents is 1. The van der Waals surface area contributed by atoms with Crippen LogP contribution in [0.3, 0.4) is 0 Å². The van der Waals surface area contributed by atoms with Crippen LogP contribution in [-0.4, -0.2) is 27.1 Å². The van der Waals surface area contributed by atoms with Crippen LogP contribution in [0.4, 0.5) is 10.1 Å². The van der Waals surface area contributed by atoms with Gasteiger partial charge in [0.15, 0.2) is 0 Å². The Kier molecular flexibility index (Phi) is 8.23. The zero-order chi connectivity index (χ0) is 22.3. The van der Waals surface area contributed by atoms with Crippen LogP contribution in [0.2, 0.25) is 0 Å². The molecular weight excluding hydrogens is 411 g/mol. The SMILES string of the molecule is CCC(C)C(CC(=O)O)Oc1cc(F)ccc1C(=S)NCc1cccc([N+](=O)[O-])c1. The molecule has 2 rings (SSSR count). The average molecular weight is 434 g/mol. The summed E-state index contributed by atoms with van der Waals surface area (Å²) >= 11 is 5.41. The van der Waals surface area contributed by atoms with E-state index in [1.54, 1.807) is 12.1 Å². The van der Waals surface area contributed by atoms with Crippen molar-refractivity contribution in [3.8, 4) is 5.75 Å². The molecule has 7 nitrogen and oxygen atoms in total. The Morgan fingerprint density at radius 2 is 2.07 bits per heavy atom. The van der Waals surface area contributed by atoms with E-state index in [1.807, 2.05) is 13.8 Å². The molecule has 0 bridgehead atoms. The maximum atomic E-state index is 13.9. The summed E-state index contributed by atoms with van der Waals surface area (Å²) in [6, 6.07) is 9.99. The van der Waals surface area contributed by atoms with Gasteiger partial charge in [-0.1, -0.05) is 44.6 Å². The van der Waals surface area contributed by atoms with Crippen LogP contribution in [-0.2, 0) is 11.3 Å². The van der Waals surface area contributed by atoms with Crippen LogP contribution in [0.15, 0.2) is 42.5 Å². The first-order valence-corrected chi connectivity index (χ1v) is 9.81. The number of nitro groups is 1. The molecule has 0 saturated carbocycles. The van der Waals surface area contributed by atoms with Gasteiger partial charge < -0.3 is 15.2 Å². The van der Waals surface area contributed by atoms with E-state index >= 15 is 0 Å². The fourth-order valence-electron chi connectivity index (χ4n) is 2.80. The number of ether oxygens (including phenoxy) is 1. The minimum Gasteiger partial charge on any atom is -0.489 e. The summed E-state index contributed by atoms with van der Waals surface area (Å²) in [5.41, 5.74) is 1.03. The summed E-state index contributed by atoms with van der Waals surface area (Å²) in [7, 11) is 0. The fourth-order valence-corrected chi connectivity index (χ4v) is 3.04. The van der Waals surface area contributed by atoms with Crippen LogP contribution in [0.5, 0.6) is 5.75 Å². The molecule has 30 heavy (non-hydrogen) atoms. The number of halogens is 1. The summed E-state index contributed by atoms with van der Waals surface area (Å²) in [4.78, 5) is 21.9. The highest BCUT2D eigenvalue weighted by atomic mass is 32.1. The van der Waals surface area contributed by atoms with Crippen LogP contribution in [0.25, 0.3) is 0 Å². The van der Waals surface area contributed by atoms with Gasteiger partial charge in [-0.05, 0) is 23.6 Å². The van der Waals surface area contributed by atoms with Crippen molar-refractivity contribution in [1.29, 1.82) is 0 Å². The molecule has 160 valence electrons. The standard InChI is InChI=1S/C21H23FN2O5S/c1-3-13(2)18(11-20(25)26)29-19-10-15(22)7-8-17(19)21(30)23-12-14-5-4-6-16(9-14)24(27)28/h4-10,13,18H,3,11-12H2,1-2H3,(H,23,30)(H,25,26). The molecule has 2 aromatic carbocycles. The Morgan fingerprint density at radius 3 is 2.70 bits per heavy atom. The van der Waals surface area contributed by atoms with Gasteiger partial charge >= 0.3 is 5.97 Å². The second-order valence-electron chi connectivity index (χ2n) is 6.89. The number of hydrogen-bond donors (Lipinski definition) is 2. The lowest BCUT2D eigenvalue weighted by atomic mass is 9.99. The zero-order valence-corrected chi connectivity index (χ0v) is 17.4. The molecule has 0 aliphatic rings. The molecule has 0 radical (unpaired) electrons. The zero-order valence-electron chi connectivity index (χ0n) is 16.6. The van der Waals surface area contributed by atoms with Crippen LogP contribution >= 0.6 is 12.2 Å². The van der Waals surface area contributed by atoms with Crippen LogP contribution < -0.4 is 10.1 Å². The third kappa shape index (κ3) is 6.48. The van der Waals surface area contributed by atoms with Gasteiger partial charge in [0.05, 0.1) is 16.9 Å². The van der Waals surface area contributed by atoms with E-state index in [0.29, 0.717) is 17.5 Å². The number of aliphatic carboxylic acids is 1. The maximum absolute atomic E-state index is 13.9. The molecule has 0 heterocycles. The highest BCUT2D eigenvalue weighted by Crippen LogP contribution is 2.26. The van der Waals surface area contributed by atoms with E-state index in [4.69, 9.17) is 17.0 Å². The quantitative estimate of drug-likeness (QED) is 0.323. The summed E-state index contributed by atoms with van der Waals surface area (Å²) < 4.78 is 19.7. The summed E-state index contributed by atoms with van der Waals surface area (Å²) in [5.74, 6) is -1.46. The van der Waals surface area contributed by atoms with Crippen molar-refractivity contribution < 1.29 is 24.0 Å². The highest BCUT2D eigenvalue weighted by molar-refractivity contribution is 7.80. The third-order valence-corrected chi connectivity index (χ3v) is 5.06. The van der Waals surface area contributed by atoms with E-state index in [-0.39, 0.29) is 35.3 Å². The number of rotatable bonds is 10. The Balaban J connectivity index is 2.20. The van der Waals surface area contributed by atoms with Crippen molar-refractivity contribution in [3.63, 3.8) is 0 Å². The number of nitrogens with one attached hydrogen (secondary N) is 1. The lowest BCUT2D eigenvalue weighted by Crippen LogP contribution is -2.29. The number of nitrogens with zero attached hydrogens (tertiary/aromatic N) is 1. The molecule has 0 saturated heterocycles. The van der Waals surface area contributed by atoms with Gasteiger partial charge in [-0.25, -0.2) is 4.39 Å². The predicted molar refractivity (Wildman–Crippen MR) is 114 cm³/mol. The van der Waals surface area contributed by atoms with Crippen molar-refractivity contribution in [2.75, 3.05) is 0 Å². The van der Waals surface area contributed by atoms with Crippen molar-refractivity contribution in [1.82, 2.24) is 5.32 Å². The molecule has 0 amide bonds. The summed E-state index contributed by atoms with van der Waals surface area (Å²) in [6.07, 6.45) is -0.177. The van der Waals surface area contributed by atoms with Crippen LogP contribution in [0.1, 0.15) is 37.8 Å². The topological polar surface area (TPSA) is 102 Å². The molecule has 0 spiro atoms. The summed E-state index contributed by atoms with van der Waals surface area (Å²) in [6.45, 7) is 4.01. The fraction of sp³-hybridized carbons (Fsp3) is 0.333. The van der Waals surface area contributed by atoms with Crippen LogP contribution in [0, 0.1) is 21.8 Å². The van der Waals surface area contributed by atoms with E-state index in [1.165, 1.54) is 30.3 Å². The van der Waals surface area contributed by atoms with E-state index in [0.717, 1.165) is 0 Å².